The highest BCUT2D eigenvalue weighted by Crippen LogP contribution is 2.26. The van der Waals surface area contributed by atoms with E-state index in [0.717, 1.165) is 11.3 Å². The number of aromatic nitrogens is 1. The molecule has 24 heavy (non-hydrogen) atoms. The number of rotatable bonds is 5. The zero-order valence-corrected chi connectivity index (χ0v) is 13.8. The molecule has 1 fully saturated rings. The number of amides is 1. The van der Waals surface area contributed by atoms with Gasteiger partial charge in [0.05, 0.1) is 6.20 Å². The Bertz CT molecular complexity index is 695. The molecule has 3 rings (SSSR count). The third-order valence-corrected chi connectivity index (χ3v) is 4.73. The molecule has 1 heterocycles. The third-order valence-electron chi connectivity index (χ3n) is 4.20. The largest absolute Gasteiger partial charge is 0.445 e. The average Bonchev–Trinajstić information content (AvgIpc) is 3.10. The number of benzene rings is 1. The molecule has 1 unspecified atom stereocenters. The predicted octanol–water partition coefficient (Wildman–Crippen LogP) is 2.57. The van der Waals surface area contributed by atoms with Gasteiger partial charge < -0.3 is 9.73 Å². The van der Waals surface area contributed by atoms with Gasteiger partial charge in [-0.1, -0.05) is 0 Å². The lowest BCUT2D eigenvalue weighted by Crippen LogP contribution is -2.37. The summed E-state index contributed by atoms with van der Waals surface area (Å²) in [6, 6.07) is 7.33. The van der Waals surface area contributed by atoms with Gasteiger partial charge in [-0.2, -0.15) is 0 Å². The van der Waals surface area contributed by atoms with Crippen LogP contribution in [0.4, 0.5) is 5.69 Å². The third kappa shape index (κ3) is 4.28. The van der Waals surface area contributed by atoms with Crippen molar-refractivity contribution in [2.75, 3.05) is 5.32 Å². The Hall–Kier alpha value is -2.03. The minimum absolute atomic E-state index is 0.0000345. The quantitative estimate of drug-likeness (QED) is 0.720. The maximum atomic E-state index is 12.3. The molecule has 1 aromatic carbocycles. The van der Waals surface area contributed by atoms with Crippen molar-refractivity contribution < 1.29 is 18.0 Å². The molecule has 8 heteroatoms. The van der Waals surface area contributed by atoms with E-state index in [-0.39, 0.29) is 17.9 Å². The van der Waals surface area contributed by atoms with Crippen molar-refractivity contribution in [3.05, 3.63) is 36.7 Å². The predicted molar refractivity (Wildman–Crippen MR) is 90.2 cm³/mol. The van der Waals surface area contributed by atoms with Crippen LogP contribution < -0.4 is 10.0 Å². The van der Waals surface area contributed by atoms with Crippen molar-refractivity contribution in [1.29, 1.82) is 0 Å². The van der Waals surface area contributed by atoms with Gasteiger partial charge in [0.1, 0.15) is 6.26 Å². The van der Waals surface area contributed by atoms with E-state index < -0.39 is 11.3 Å². The summed E-state index contributed by atoms with van der Waals surface area (Å²) in [6.07, 6.45) is 5.94. The van der Waals surface area contributed by atoms with Crippen molar-refractivity contribution in [3.63, 3.8) is 0 Å². The fourth-order valence-electron chi connectivity index (χ4n) is 2.92. The van der Waals surface area contributed by atoms with Crippen LogP contribution in [-0.4, -0.2) is 25.7 Å². The van der Waals surface area contributed by atoms with E-state index >= 15 is 0 Å². The molecule has 2 aromatic rings. The molecule has 1 aromatic heterocycles. The smallest absolute Gasteiger partial charge is 0.231 e. The summed E-state index contributed by atoms with van der Waals surface area (Å²) in [7, 11) is 0. The van der Waals surface area contributed by atoms with Gasteiger partial charge in [0.15, 0.2) is 0 Å². The summed E-state index contributed by atoms with van der Waals surface area (Å²) in [5, 5.41) is 2.92. The number of nitrogens with one attached hydrogen (secondary N) is 2. The molecule has 1 aliphatic rings. The second-order valence-corrected chi connectivity index (χ2v) is 6.55. The molecule has 1 atom stereocenters. The highest BCUT2D eigenvalue weighted by molar-refractivity contribution is 7.77. The second-order valence-electron chi connectivity index (χ2n) is 5.82. The molecule has 0 aliphatic heterocycles. The van der Waals surface area contributed by atoms with E-state index in [2.05, 4.69) is 15.0 Å². The molecule has 128 valence electrons. The van der Waals surface area contributed by atoms with Gasteiger partial charge in [0.25, 0.3) is 0 Å². The molecule has 7 nitrogen and oxygen atoms in total. The highest BCUT2D eigenvalue weighted by atomic mass is 32.2. The number of carbonyl (C=O) groups is 1. The lowest BCUT2D eigenvalue weighted by atomic mass is 9.86. The van der Waals surface area contributed by atoms with Crippen LogP contribution in [0.15, 0.2) is 41.1 Å². The fourth-order valence-corrected chi connectivity index (χ4v) is 3.44. The number of hydrogen-bond donors (Lipinski definition) is 3. The Labute approximate surface area is 142 Å². The van der Waals surface area contributed by atoms with Crippen molar-refractivity contribution >= 4 is 22.9 Å². The van der Waals surface area contributed by atoms with Crippen molar-refractivity contribution in [2.45, 2.75) is 31.7 Å². The van der Waals surface area contributed by atoms with Gasteiger partial charge in [0.2, 0.25) is 23.1 Å². The van der Waals surface area contributed by atoms with E-state index in [1.807, 2.05) is 24.3 Å². The summed E-state index contributed by atoms with van der Waals surface area (Å²) in [4.78, 5) is 16.4. The molecule has 0 spiro atoms. The molecule has 1 aliphatic carbocycles. The van der Waals surface area contributed by atoms with Gasteiger partial charge in [-0.15, -0.1) is 0 Å². The first-order valence-corrected chi connectivity index (χ1v) is 8.90. The minimum atomic E-state index is -2.00. The van der Waals surface area contributed by atoms with Crippen LogP contribution in [0.25, 0.3) is 11.5 Å². The van der Waals surface area contributed by atoms with Crippen molar-refractivity contribution in [1.82, 2.24) is 9.71 Å². The van der Waals surface area contributed by atoms with Crippen LogP contribution >= 0.6 is 0 Å². The van der Waals surface area contributed by atoms with Gasteiger partial charge in [-0.05, 0) is 49.9 Å². The molecule has 0 bridgehead atoms. The van der Waals surface area contributed by atoms with Gasteiger partial charge in [0, 0.05) is 23.2 Å². The second kappa shape index (κ2) is 7.69. The van der Waals surface area contributed by atoms with E-state index in [1.54, 1.807) is 6.20 Å². The van der Waals surface area contributed by atoms with Gasteiger partial charge >= 0.3 is 0 Å². The van der Waals surface area contributed by atoms with Crippen molar-refractivity contribution in [3.8, 4) is 11.5 Å². The first kappa shape index (κ1) is 16.8. The zero-order valence-electron chi connectivity index (χ0n) is 13.0. The topological polar surface area (TPSA) is 104 Å². The molecule has 3 N–H and O–H groups in total. The first-order valence-electron chi connectivity index (χ1n) is 7.79. The van der Waals surface area contributed by atoms with E-state index in [1.165, 1.54) is 6.26 Å². The maximum Gasteiger partial charge on any atom is 0.231 e. The molecule has 0 saturated heterocycles. The highest BCUT2D eigenvalue weighted by Gasteiger charge is 2.26. The summed E-state index contributed by atoms with van der Waals surface area (Å²) >= 11 is -2.00. The number of nitrogens with zero attached hydrogens (tertiary/aromatic N) is 1. The van der Waals surface area contributed by atoms with E-state index in [0.29, 0.717) is 31.6 Å². The lowest BCUT2D eigenvalue weighted by molar-refractivity contribution is -0.120. The fraction of sp³-hybridized carbons (Fsp3) is 0.375. The number of anilines is 1. The Morgan fingerprint density at radius 2 is 1.92 bits per heavy atom. The average molecular weight is 349 g/mol. The monoisotopic (exact) mass is 349 g/mol. The van der Waals surface area contributed by atoms with Crippen LogP contribution in [0.5, 0.6) is 0 Å². The minimum Gasteiger partial charge on any atom is -0.445 e. The van der Waals surface area contributed by atoms with E-state index in [4.69, 9.17) is 8.97 Å². The van der Waals surface area contributed by atoms with Crippen LogP contribution in [0.1, 0.15) is 25.7 Å². The normalized spacial score (nSPS) is 22.0. The van der Waals surface area contributed by atoms with Gasteiger partial charge in [-0.25, -0.2) is 13.9 Å². The van der Waals surface area contributed by atoms with E-state index in [9.17, 15) is 9.00 Å². The van der Waals surface area contributed by atoms with Crippen LogP contribution in [0.3, 0.4) is 0 Å². The number of hydrogen-bond acceptors (Lipinski definition) is 4. The first-order chi connectivity index (χ1) is 11.6. The zero-order chi connectivity index (χ0) is 16.9. The van der Waals surface area contributed by atoms with Crippen LogP contribution in [0.2, 0.25) is 0 Å². The molecular formula is C16H19N3O4S. The molecule has 0 radical (unpaired) electrons. The van der Waals surface area contributed by atoms with Crippen LogP contribution in [0, 0.1) is 5.92 Å². The van der Waals surface area contributed by atoms with Crippen LogP contribution in [-0.2, 0) is 16.1 Å². The molecule has 1 saturated carbocycles. The Morgan fingerprint density at radius 1 is 1.21 bits per heavy atom. The van der Waals surface area contributed by atoms with Crippen molar-refractivity contribution in [2.24, 2.45) is 5.92 Å². The SMILES string of the molecule is O=C(Nc1ccc(-c2ncco2)cc1)C1CCC(NS(=O)O)CC1. The molecular weight excluding hydrogens is 330 g/mol. The number of oxazole rings is 1. The summed E-state index contributed by atoms with van der Waals surface area (Å²) in [5.74, 6) is 0.462. The summed E-state index contributed by atoms with van der Waals surface area (Å²) in [5.41, 5.74) is 1.58. The Balaban J connectivity index is 1.53. The number of carbonyl (C=O) groups excluding carboxylic acids is 1. The van der Waals surface area contributed by atoms with Gasteiger partial charge in [-0.3, -0.25) is 9.35 Å². The standard InChI is InChI=1S/C16H19N3O4S/c20-15(11-1-7-14(8-2-11)19-24(21)22)18-13-5-3-12(4-6-13)16-17-9-10-23-16/h3-6,9-11,14,19H,1-2,7-8H2,(H,18,20)(H,21,22). The maximum absolute atomic E-state index is 12.3. The summed E-state index contributed by atoms with van der Waals surface area (Å²) < 4.78 is 27.4. The molecule has 1 amide bonds. The summed E-state index contributed by atoms with van der Waals surface area (Å²) in [6.45, 7) is 0. The Kier molecular flexibility index (Phi) is 5.39. The Morgan fingerprint density at radius 3 is 2.50 bits per heavy atom. The lowest BCUT2D eigenvalue weighted by Gasteiger charge is -2.27.